The highest BCUT2D eigenvalue weighted by Gasteiger charge is 2.40. The normalized spacial score (nSPS) is 16.1. The summed E-state index contributed by atoms with van der Waals surface area (Å²) in [6.45, 7) is 0. The molecule has 4 heterocycles. The predicted molar refractivity (Wildman–Crippen MR) is 243 cm³/mol. The lowest BCUT2D eigenvalue weighted by Crippen LogP contribution is -2.28. The number of aromatic nitrogens is 3. The molecule has 0 radical (unpaired) electrons. The fourth-order valence-corrected chi connectivity index (χ4v) is 10.4. The van der Waals surface area contributed by atoms with Gasteiger partial charge in [0, 0.05) is 61.0 Å². The molecule has 11 aromatic rings. The van der Waals surface area contributed by atoms with Gasteiger partial charge in [-0.1, -0.05) is 140 Å². The van der Waals surface area contributed by atoms with Crippen LogP contribution in [0.3, 0.4) is 0 Å². The summed E-state index contributed by atoms with van der Waals surface area (Å²) in [5.74, 6) is 0.237. The third-order valence-corrected chi connectivity index (χ3v) is 12.7. The second-order valence-electron chi connectivity index (χ2n) is 15.7. The van der Waals surface area contributed by atoms with Gasteiger partial charge in [-0.05, 0) is 72.3 Å². The van der Waals surface area contributed by atoms with Gasteiger partial charge in [-0.2, -0.15) is 0 Å². The van der Waals surface area contributed by atoms with Crippen molar-refractivity contribution in [3.05, 3.63) is 212 Å². The van der Waals surface area contributed by atoms with E-state index in [9.17, 15) is 0 Å². The number of anilines is 2. The second kappa shape index (κ2) is 12.0. The maximum absolute atomic E-state index is 2.62. The van der Waals surface area contributed by atoms with Gasteiger partial charge in [-0.25, -0.2) is 0 Å². The quantitative estimate of drug-likeness (QED) is 0.176. The Hall–Kier alpha value is -7.56. The number of fused-ring (bicyclic) bond motifs is 14. The Morgan fingerprint density at radius 3 is 1.53 bits per heavy atom. The highest BCUT2D eigenvalue weighted by atomic mass is 15.2. The maximum Gasteiger partial charge on any atom is 0.0788 e. The van der Waals surface area contributed by atoms with Crippen LogP contribution in [0.2, 0.25) is 0 Å². The molecule has 13 rings (SSSR count). The van der Waals surface area contributed by atoms with E-state index in [-0.39, 0.29) is 12.0 Å². The van der Waals surface area contributed by atoms with Crippen LogP contribution in [0.25, 0.3) is 82.5 Å². The van der Waals surface area contributed by atoms with Crippen molar-refractivity contribution in [3.8, 4) is 17.1 Å². The zero-order valence-corrected chi connectivity index (χ0v) is 31.6. The molecular weight excluding hydrogens is 705 g/mol. The molecular formula is C54H36N4. The largest absolute Gasteiger partial charge is 0.333 e. The Morgan fingerprint density at radius 2 is 0.862 bits per heavy atom. The molecule has 3 aromatic heterocycles. The lowest BCUT2D eigenvalue weighted by Gasteiger charge is -2.29. The summed E-state index contributed by atoms with van der Waals surface area (Å²) < 4.78 is 7.41. The van der Waals surface area contributed by atoms with Gasteiger partial charge in [-0.15, -0.1) is 0 Å². The van der Waals surface area contributed by atoms with Crippen molar-refractivity contribution >= 4 is 76.8 Å². The SMILES string of the molecule is C1=CC2c3ccc4c(c3N(c3cccc(-n5c6ccccc6c6ccc7c8ccccc8n(-c8ccccc8)c7c65)c3)C2C=C1)c1ccccc1n4-c1ccccc1. The maximum atomic E-state index is 2.62. The standard InChI is InChI=1S/C54H36N4/c1-3-16-35(17-4-1)55-49-29-14-10-25-45(49)51-50(55)33-32-42-39-22-7-12-27-47(39)57(52(42)51)37-20-15-21-38(34-37)58-48-28-13-9-24-41(48)44-31-30-43-40-23-8-11-26-46(40)56(53(43)54(44)58)36-18-5-2-6-19-36/h1-34,39,47H. The molecule has 1 aliphatic carbocycles. The molecule has 2 atom stereocenters. The van der Waals surface area contributed by atoms with Crippen molar-refractivity contribution < 1.29 is 0 Å². The van der Waals surface area contributed by atoms with E-state index >= 15 is 0 Å². The van der Waals surface area contributed by atoms with Gasteiger partial charge < -0.3 is 18.6 Å². The van der Waals surface area contributed by atoms with Gasteiger partial charge >= 0.3 is 0 Å². The van der Waals surface area contributed by atoms with Crippen molar-refractivity contribution in [1.82, 2.24) is 13.7 Å². The molecule has 0 N–H and O–H groups in total. The summed E-state index contributed by atoms with van der Waals surface area (Å²) in [5, 5.41) is 7.56. The molecule has 2 unspecified atom stereocenters. The number of hydrogen-bond donors (Lipinski definition) is 0. The number of rotatable bonds is 4. The first kappa shape index (κ1) is 31.6. The van der Waals surface area contributed by atoms with Crippen LogP contribution in [0.4, 0.5) is 11.4 Å². The van der Waals surface area contributed by atoms with Gasteiger partial charge in [0.15, 0.2) is 0 Å². The summed E-state index contributed by atoms with van der Waals surface area (Å²) in [6, 6.07) is 67.0. The average Bonchev–Trinajstić information content (AvgIpc) is 4.02. The van der Waals surface area contributed by atoms with Crippen LogP contribution >= 0.6 is 0 Å². The first-order chi connectivity index (χ1) is 28.8. The molecule has 0 saturated heterocycles. The van der Waals surface area contributed by atoms with Crippen LogP contribution < -0.4 is 4.90 Å². The zero-order valence-electron chi connectivity index (χ0n) is 31.6. The van der Waals surface area contributed by atoms with E-state index in [4.69, 9.17) is 0 Å². The van der Waals surface area contributed by atoms with Crippen molar-refractivity contribution in [1.29, 1.82) is 0 Å². The lowest BCUT2D eigenvalue weighted by molar-refractivity contribution is 0.745. The van der Waals surface area contributed by atoms with Crippen LogP contribution in [0.1, 0.15) is 11.5 Å². The minimum absolute atomic E-state index is 0.144. The van der Waals surface area contributed by atoms with Crippen LogP contribution in [0.15, 0.2) is 206 Å². The summed E-state index contributed by atoms with van der Waals surface area (Å²) in [4.78, 5) is 2.62. The van der Waals surface area contributed by atoms with Crippen molar-refractivity contribution in [2.24, 2.45) is 0 Å². The zero-order chi connectivity index (χ0) is 37.9. The molecule has 4 nitrogen and oxygen atoms in total. The Balaban J connectivity index is 1.11. The van der Waals surface area contributed by atoms with E-state index in [1.165, 1.54) is 88.0 Å². The Bertz CT molecular complexity index is 3520. The van der Waals surface area contributed by atoms with E-state index < -0.39 is 0 Å². The number of allylic oxidation sites excluding steroid dienone is 2. The highest BCUT2D eigenvalue weighted by Crippen LogP contribution is 2.53. The van der Waals surface area contributed by atoms with Crippen LogP contribution in [-0.4, -0.2) is 19.7 Å². The fraction of sp³-hybridized carbons (Fsp3) is 0.0370. The molecule has 4 heteroatoms. The fourth-order valence-electron chi connectivity index (χ4n) is 10.4. The predicted octanol–water partition coefficient (Wildman–Crippen LogP) is 13.7. The third-order valence-electron chi connectivity index (χ3n) is 12.7. The minimum atomic E-state index is 0.144. The molecule has 58 heavy (non-hydrogen) atoms. The topological polar surface area (TPSA) is 18.0 Å². The summed E-state index contributed by atoms with van der Waals surface area (Å²) >= 11 is 0. The second-order valence-corrected chi connectivity index (χ2v) is 15.7. The van der Waals surface area contributed by atoms with E-state index in [0.717, 1.165) is 11.4 Å². The Kier molecular flexibility index (Phi) is 6.53. The van der Waals surface area contributed by atoms with E-state index in [0.29, 0.717) is 0 Å². The molecule has 2 aliphatic rings. The molecule has 1 aliphatic heterocycles. The van der Waals surface area contributed by atoms with Crippen LogP contribution in [0.5, 0.6) is 0 Å². The smallest absolute Gasteiger partial charge is 0.0788 e. The molecule has 0 fully saturated rings. The highest BCUT2D eigenvalue weighted by molar-refractivity contribution is 6.24. The molecule has 0 amide bonds. The first-order valence-electron chi connectivity index (χ1n) is 20.2. The Labute approximate surface area is 335 Å². The van der Waals surface area contributed by atoms with Crippen molar-refractivity contribution in [2.75, 3.05) is 4.90 Å². The average molecular weight is 741 g/mol. The van der Waals surface area contributed by atoms with E-state index in [1.54, 1.807) is 0 Å². The van der Waals surface area contributed by atoms with Crippen molar-refractivity contribution in [2.45, 2.75) is 12.0 Å². The summed E-state index contributed by atoms with van der Waals surface area (Å²) in [7, 11) is 0. The van der Waals surface area contributed by atoms with E-state index in [1.807, 2.05) is 0 Å². The number of para-hydroxylation sites is 5. The third kappa shape index (κ3) is 4.24. The first-order valence-corrected chi connectivity index (χ1v) is 20.2. The summed E-state index contributed by atoms with van der Waals surface area (Å²) in [6.07, 6.45) is 9.22. The monoisotopic (exact) mass is 740 g/mol. The van der Waals surface area contributed by atoms with E-state index in [2.05, 4.69) is 225 Å². The van der Waals surface area contributed by atoms with Gasteiger partial charge in [0.05, 0.1) is 44.8 Å². The van der Waals surface area contributed by atoms with Gasteiger partial charge in [-0.3, -0.25) is 0 Å². The van der Waals surface area contributed by atoms with Gasteiger partial charge in [0.2, 0.25) is 0 Å². The molecule has 272 valence electrons. The molecule has 0 bridgehead atoms. The van der Waals surface area contributed by atoms with Crippen LogP contribution in [-0.2, 0) is 0 Å². The molecule has 0 spiro atoms. The van der Waals surface area contributed by atoms with Gasteiger partial charge in [0.25, 0.3) is 0 Å². The minimum Gasteiger partial charge on any atom is -0.333 e. The number of benzene rings is 8. The Morgan fingerprint density at radius 1 is 0.345 bits per heavy atom. The number of nitrogens with zero attached hydrogens (tertiary/aromatic N) is 4. The molecule has 8 aromatic carbocycles. The van der Waals surface area contributed by atoms with Gasteiger partial charge in [0.1, 0.15) is 0 Å². The van der Waals surface area contributed by atoms with Crippen LogP contribution in [0, 0.1) is 0 Å². The summed E-state index contributed by atoms with van der Waals surface area (Å²) in [5.41, 5.74) is 14.6. The number of hydrogen-bond acceptors (Lipinski definition) is 1. The van der Waals surface area contributed by atoms with Crippen molar-refractivity contribution in [3.63, 3.8) is 0 Å². The molecule has 0 saturated carbocycles. The lowest BCUT2D eigenvalue weighted by atomic mass is 9.91.